The first-order chi connectivity index (χ1) is 14.0. The van der Waals surface area contributed by atoms with Crippen molar-refractivity contribution in [2.45, 2.75) is 39.5 Å². The van der Waals surface area contributed by atoms with Crippen LogP contribution in [0, 0.1) is 0 Å². The average molecular weight is 445 g/mol. The molecular formula is C22H24N2O4S2. The summed E-state index contributed by atoms with van der Waals surface area (Å²) < 4.78 is 53.4. The van der Waals surface area contributed by atoms with Crippen LogP contribution in [0.25, 0.3) is 0 Å². The second-order valence-corrected chi connectivity index (χ2v) is 11.2. The van der Waals surface area contributed by atoms with Crippen LogP contribution in [0.15, 0.2) is 86.6 Å². The third kappa shape index (κ3) is 4.11. The number of sulfone groups is 2. The lowest BCUT2D eigenvalue weighted by atomic mass is 10.0. The Bertz CT molecular complexity index is 1250. The van der Waals surface area contributed by atoms with Gasteiger partial charge in [0.2, 0.25) is 19.7 Å². The maximum atomic E-state index is 13.4. The summed E-state index contributed by atoms with van der Waals surface area (Å²) in [6.07, 6.45) is 1.37. The second kappa shape index (κ2) is 8.20. The van der Waals surface area contributed by atoms with Crippen molar-refractivity contribution < 1.29 is 16.8 Å². The van der Waals surface area contributed by atoms with Gasteiger partial charge in [0.05, 0.1) is 14.7 Å². The predicted molar refractivity (Wildman–Crippen MR) is 116 cm³/mol. The normalized spacial score (nSPS) is 12.2. The summed E-state index contributed by atoms with van der Waals surface area (Å²) in [5, 5.41) is -0.190. The number of rotatable bonds is 6. The Morgan fingerprint density at radius 2 is 1.47 bits per heavy atom. The van der Waals surface area contributed by atoms with Crippen LogP contribution < -0.4 is 4.90 Å². The molecule has 0 radical (unpaired) electrons. The van der Waals surface area contributed by atoms with E-state index in [1.54, 1.807) is 30.3 Å². The van der Waals surface area contributed by atoms with Crippen LogP contribution in [0.5, 0.6) is 0 Å². The molecule has 3 aromatic rings. The molecule has 0 spiro atoms. The van der Waals surface area contributed by atoms with Crippen molar-refractivity contribution in [3.05, 3.63) is 72.4 Å². The molecule has 0 aliphatic rings. The Hall–Kier alpha value is -2.71. The fourth-order valence-electron chi connectivity index (χ4n) is 2.98. The fourth-order valence-corrected chi connectivity index (χ4v) is 6.27. The lowest BCUT2D eigenvalue weighted by Crippen LogP contribution is -2.13. The highest BCUT2D eigenvalue weighted by Gasteiger charge is 2.30. The molecule has 3 rings (SSSR count). The van der Waals surface area contributed by atoms with Gasteiger partial charge in [-0.05, 0) is 60.0 Å². The summed E-state index contributed by atoms with van der Waals surface area (Å²) in [6.45, 7) is 3.83. The molecule has 2 aromatic carbocycles. The van der Waals surface area contributed by atoms with Crippen LogP contribution in [0.3, 0.4) is 0 Å². The zero-order chi connectivity index (χ0) is 22.1. The highest BCUT2D eigenvalue weighted by atomic mass is 32.2. The minimum absolute atomic E-state index is 0.0267. The van der Waals surface area contributed by atoms with Gasteiger partial charge < -0.3 is 4.90 Å². The third-order valence-corrected chi connectivity index (χ3v) is 8.46. The van der Waals surface area contributed by atoms with E-state index < -0.39 is 19.7 Å². The number of nitrogens with zero attached hydrogens (tertiary/aromatic N) is 2. The van der Waals surface area contributed by atoms with Crippen LogP contribution in [-0.4, -0.2) is 35.9 Å². The van der Waals surface area contributed by atoms with Gasteiger partial charge in [0.25, 0.3) is 0 Å². The minimum atomic E-state index is -4.14. The van der Waals surface area contributed by atoms with Gasteiger partial charge in [0.1, 0.15) is 0 Å². The molecule has 0 aliphatic carbocycles. The average Bonchev–Trinajstić information content (AvgIpc) is 2.74. The summed E-state index contributed by atoms with van der Waals surface area (Å²) in [6, 6.07) is 15.3. The number of anilines is 1. The van der Waals surface area contributed by atoms with Crippen molar-refractivity contribution in [1.82, 2.24) is 4.98 Å². The molecule has 0 bridgehead atoms. The first-order valence-electron chi connectivity index (χ1n) is 9.37. The Kier molecular flexibility index (Phi) is 6.01. The van der Waals surface area contributed by atoms with Crippen LogP contribution in [0.1, 0.15) is 25.3 Å². The molecule has 0 saturated carbocycles. The van der Waals surface area contributed by atoms with Crippen LogP contribution in [0.2, 0.25) is 0 Å². The quantitative estimate of drug-likeness (QED) is 0.573. The van der Waals surface area contributed by atoms with Crippen molar-refractivity contribution in [1.29, 1.82) is 0 Å². The zero-order valence-corrected chi connectivity index (χ0v) is 18.9. The second-order valence-electron chi connectivity index (χ2n) is 7.42. The number of aromatic nitrogens is 1. The van der Waals surface area contributed by atoms with E-state index in [0.717, 1.165) is 11.3 Å². The maximum absolute atomic E-state index is 13.4. The summed E-state index contributed by atoms with van der Waals surface area (Å²) in [7, 11) is -4.50. The smallest absolute Gasteiger partial charge is 0.225 e. The molecule has 30 heavy (non-hydrogen) atoms. The maximum Gasteiger partial charge on any atom is 0.225 e. The monoisotopic (exact) mass is 444 g/mol. The van der Waals surface area contributed by atoms with Crippen molar-refractivity contribution in [3.8, 4) is 0 Å². The van der Waals surface area contributed by atoms with E-state index in [2.05, 4.69) is 4.98 Å². The van der Waals surface area contributed by atoms with Gasteiger partial charge in [-0.1, -0.05) is 26.0 Å². The summed E-state index contributed by atoms with van der Waals surface area (Å²) in [4.78, 5) is 5.31. The highest BCUT2D eigenvalue weighted by Crippen LogP contribution is 2.33. The topological polar surface area (TPSA) is 84.4 Å². The standard InChI is InChI=1S/C22H24N2O4S2/c1-16(2)17-8-13-20(21(15-17)30(27,28)22-7-5-6-14-23-22)29(25,26)19-11-9-18(10-12-19)24(3)4/h5-16H,1-4H3. The summed E-state index contributed by atoms with van der Waals surface area (Å²) in [5.74, 6) is 0.0267. The highest BCUT2D eigenvalue weighted by molar-refractivity contribution is 7.94. The molecule has 0 atom stereocenters. The molecule has 1 heterocycles. The van der Waals surface area contributed by atoms with Gasteiger partial charge in [-0.25, -0.2) is 21.8 Å². The Labute approximate surface area is 178 Å². The molecule has 1 aromatic heterocycles. The third-order valence-electron chi connectivity index (χ3n) is 4.79. The van der Waals surface area contributed by atoms with Gasteiger partial charge >= 0.3 is 0 Å². The molecule has 0 saturated heterocycles. The van der Waals surface area contributed by atoms with Crippen molar-refractivity contribution >= 4 is 25.4 Å². The number of pyridine rings is 1. The van der Waals surface area contributed by atoms with Gasteiger partial charge in [0.15, 0.2) is 5.03 Å². The van der Waals surface area contributed by atoms with E-state index in [1.165, 1.54) is 36.5 Å². The van der Waals surface area contributed by atoms with Gasteiger partial charge in [-0.2, -0.15) is 0 Å². The molecule has 158 valence electrons. The molecule has 0 N–H and O–H groups in total. The fraction of sp³-hybridized carbons (Fsp3) is 0.227. The molecule has 0 aliphatic heterocycles. The molecular weight excluding hydrogens is 420 g/mol. The van der Waals surface area contributed by atoms with Crippen LogP contribution in [0.4, 0.5) is 5.69 Å². The van der Waals surface area contributed by atoms with E-state index in [4.69, 9.17) is 0 Å². The molecule has 6 nitrogen and oxygen atoms in total. The van der Waals surface area contributed by atoms with E-state index in [1.807, 2.05) is 32.8 Å². The van der Waals surface area contributed by atoms with Gasteiger partial charge in [-0.15, -0.1) is 0 Å². The summed E-state index contributed by atoms with van der Waals surface area (Å²) in [5.41, 5.74) is 1.57. The SMILES string of the molecule is CC(C)c1ccc(S(=O)(=O)c2ccc(N(C)C)cc2)c(S(=O)(=O)c2ccccn2)c1. The van der Waals surface area contributed by atoms with Crippen molar-refractivity contribution in [2.75, 3.05) is 19.0 Å². The number of hydrogen-bond acceptors (Lipinski definition) is 6. The Morgan fingerprint density at radius 3 is 2.00 bits per heavy atom. The van der Waals surface area contributed by atoms with E-state index in [9.17, 15) is 16.8 Å². The van der Waals surface area contributed by atoms with E-state index in [-0.39, 0.29) is 25.6 Å². The number of hydrogen-bond donors (Lipinski definition) is 0. The molecule has 8 heteroatoms. The first-order valence-corrected chi connectivity index (χ1v) is 12.3. The number of benzene rings is 2. The lowest BCUT2D eigenvalue weighted by Gasteiger charge is -2.16. The zero-order valence-electron chi connectivity index (χ0n) is 17.3. The Balaban J connectivity index is 2.24. The first kappa shape index (κ1) is 22.0. The van der Waals surface area contributed by atoms with Crippen LogP contribution in [-0.2, 0) is 19.7 Å². The van der Waals surface area contributed by atoms with E-state index >= 15 is 0 Å². The predicted octanol–water partition coefficient (Wildman–Crippen LogP) is 3.94. The van der Waals surface area contributed by atoms with Crippen molar-refractivity contribution in [3.63, 3.8) is 0 Å². The van der Waals surface area contributed by atoms with Gasteiger partial charge in [-0.3, -0.25) is 0 Å². The largest absolute Gasteiger partial charge is 0.378 e. The molecule has 0 fully saturated rings. The summed E-state index contributed by atoms with van der Waals surface area (Å²) >= 11 is 0. The van der Waals surface area contributed by atoms with Crippen LogP contribution >= 0.6 is 0 Å². The molecule has 0 amide bonds. The molecule has 0 unspecified atom stereocenters. The minimum Gasteiger partial charge on any atom is -0.378 e. The van der Waals surface area contributed by atoms with Crippen molar-refractivity contribution in [2.24, 2.45) is 0 Å². The van der Waals surface area contributed by atoms with E-state index in [0.29, 0.717) is 0 Å². The van der Waals surface area contributed by atoms with Gasteiger partial charge in [0, 0.05) is 26.0 Å². The Morgan fingerprint density at radius 1 is 0.800 bits per heavy atom. The lowest BCUT2D eigenvalue weighted by molar-refractivity contribution is 0.580.